The highest BCUT2D eigenvalue weighted by molar-refractivity contribution is 7.14. The van der Waals surface area contributed by atoms with Crippen LogP contribution in [0.4, 0.5) is 5.13 Å². The Morgan fingerprint density at radius 3 is 2.70 bits per heavy atom. The standard InChI is InChI=1S/C17H16N2O3S/c1-9-4-13-12(7-22-15(13)5-10(9)2)6-16(21)19-17-18-14(8-23-17)11(3)20/h4-5,7-8H,6H2,1-3H3,(H,18,19,21). The molecule has 3 rings (SSSR count). The number of benzene rings is 1. The van der Waals surface area contributed by atoms with Crippen molar-refractivity contribution in [2.45, 2.75) is 27.2 Å². The Balaban J connectivity index is 1.77. The molecule has 2 heterocycles. The van der Waals surface area contributed by atoms with Gasteiger partial charge < -0.3 is 9.73 Å². The summed E-state index contributed by atoms with van der Waals surface area (Å²) >= 11 is 1.24. The second-order valence-electron chi connectivity index (χ2n) is 5.51. The van der Waals surface area contributed by atoms with Crippen molar-refractivity contribution < 1.29 is 14.0 Å². The number of anilines is 1. The van der Waals surface area contributed by atoms with Gasteiger partial charge >= 0.3 is 0 Å². The van der Waals surface area contributed by atoms with E-state index in [0.717, 1.165) is 27.7 Å². The van der Waals surface area contributed by atoms with E-state index in [1.807, 2.05) is 26.0 Å². The highest BCUT2D eigenvalue weighted by atomic mass is 32.1. The summed E-state index contributed by atoms with van der Waals surface area (Å²) in [6, 6.07) is 4.01. The van der Waals surface area contributed by atoms with Crippen LogP contribution in [0.2, 0.25) is 0 Å². The predicted molar refractivity (Wildman–Crippen MR) is 90.1 cm³/mol. The molecule has 0 aliphatic carbocycles. The molecule has 0 aliphatic rings. The maximum absolute atomic E-state index is 12.2. The number of hydrogen-bond acceptors (Lipinski definition) is 5. The highest BCUT2D eigenvalue weighted by Crippen LogP contribution is 2.25. The van der Waals surface area contributed by atoms with E-state index >= 15 is 0 Å². The molecule has 1 amide bonds. The van der Waals surface area contributed by atoms with Gasteiger partial charge in [-0.15, -0.1) is 11.3 Å². The van der Waals surface area contributed by atoms with Crippen LogP contribution in [0, 0.1) is 13.8 Å². The Morgan fingerprint density at radius 1 is 1.26 bits per heavy atom. The molecule has 0 aliphatic heterocycles. The zero-order chi connectivity index (χ0) is 16.6. The number of fused-ring (bicyclic) bond motifs is 1. The van der Waals surface area contributed by atoms with Gasteiger partial charge in [0.2, 0.25) is 5.91 Å². The number of Topliss-reactive ketones (excluding diaryl/α,β-unsaturated/α-hetero) is 1. The van der Waals surface area contributed by atoms with Gasteiger partial charge in [-0.3, -0.25) is 9.59 Å². The first kappa shape index (κ1) is 15.4. The van der Waals surface area contributed by atoms with E-state index in [-0.39, 0.29) is 18.1 Å². The van der Waals surface area contributed by atoms with Crippen molar-refractivity contribution in [2.24, 2.45) is 0 Å². The summed E-state index contributed by atoms with van der Waals surface area (Å²) in [5, 5.41) is 5.74. The lowest BCUT2D eigenvalue weighted by Gasteiger charge is -2.02. The third-order valence-corrected chi connectivity index (χ3v) is 4.49. The molecule has 1 aromatic carbocycles. The van der Waals surface area contributed by atoms with Crippen LogP contribution in [0.25, 0.3) is 11.0 Å². The summed E-state index contributed by atoms with van der Waals surface area (Å²) in [6.07, 6.45) is 1.82. The third-order valence-electron chi connectivity index (χ3n) is 3.73. The summed E-state index contributed by atoms with van der Waals surface area (Å²) in [7, 11) is 0. The highest BCUT2D eigenvalue weighted by Gasteiger charge is 2.14. The molecule has 3 aromatic rings. The molecule has 0 bridgehead atoms. The predicted octanol–water partition coefficient (Wildman–Crippen LogP) is 3.89. The van der Waals surface area contributed by atoms with Crippen molar-refractivity contribution in [3.8, 4) is 0 Å². The second kappa shape index (κ2) is 5.96. The normalized spacial score (nSPS) is 10.9. The largest absolute Gasteiger partial charge is 0.464 e. The van der Waals surface area contributed by atoms with E-state index < -0.39 is 0 Å². The Bertz CT molecular complexity index is 908. The number of carbonyl (C=O) groups is 2. The number of furan rings is 1. The van der Waals surface area contributed by atoms with Crippen molar-refractivity contribution in [2.75, 3.05) is 5.32 Å². The average Bonchev–Trinajstić information content (AvgIpc) is 3.08. The van der Waals surface area contributed by atoms with E-state index in [2.05, 4.69) is 10.3 Å². The van der Waals surface area contributed by atoms with Gasteiger partial charge in [0.1, 0.15) is 11.3 Å². The van der Waals surface area contributed by atoms with Crippen molar-refractivity contribution in [3.63, 3.8) is 0 Å². The molecule has 23 heavy (non-hydrogen) atoms. The third kappa shape index (κ3) is 3.17. The van der Waals surface area contributed by atoms with Crippen molar-refractivity contribution in [3.05, 3.63) is 46.2 Å². The molecule has 0 spiro atoms. The van der Waals surface area contributed by atoms with Crippen LogP contribution in [-0.2, 0) is 11.2 Å². The number of carbonyl (C=O) groups excluding carboxylic acids is 2. The summed E-state index contributed by atoms with van der Waals surface area (Å²) in [5.41, 5.74) is 4.30. The minimum Gasteiger partial charge on any atom is -0.464 e. The van der Waals surface area contributed by atoms with Crippen molar-refractivity contribution >= 4 is 39.1 Å². The van der Waals surface area contributed by atoms with Crippen LogP contribution >= 0.6 is 11.3 Å². The Morgan fingerprint density at radius 2 is 2.00 bits per heavy atom. The first-order valence-corrected chi connectivity index (χ1v) is 8.05. The zero-order valence-electron chi connectivity index (χ0n) is 13.1. The average molecular weight is 328 g/mol. The van der Waals surface area contributed by atoms with E-state index in [1.54, 1.807) is 11.6 Å². The molecule has 0 saturated carbocycles. The Kier molecular flexibility index (Phi) is 4.00. The maximum atomic E-state index is 12.2. The summed E-state index contributed by atoms with van der Waals surface area (Å²) in [6.45, 7) is 5.51. The zero-order valence-corrected chi connectivity index (χ0v) is 13.9. The molecule has 1 N–H and O–H groups in total. The van der Waals surface area contributed by atoms with E-state index in [4.69, 9.17) is 4.42 Å². The first-order valence-electron chi connectivity index (χ1n) is 7.17. The maximum Gasteiger partial charge on any atom is 0.230 e. The minimum absolute atomic E-state index is 0.117. The van der Waals surface area contributed by atoms with Crippen LogP contribution < -0.4 is 5.32 Å². The molecular weight excluding hydrogens is 312 g/mol. The number of ketones is 1. The quantitative estimate of drug-likeness (QED) is 0.738. The summed E-state index contributed by atoms with van der Waals surface area (Å²) in [5.74, 6) is -0.302. The van der Waals surface area contributed by atoms with Gasteiger partial charge in [0.25, 0.3) is 0 Å². The van der Waals surface area contributed by atoms with Gasteiger partial charge in [-0.25, -0.2) is 4.98 Å². The lowest BCUT2D eigenvalue weighted by Crippen LogP contribution is -2.14. The smallest absolute Gasteiger partial charge is 0.230 e. The fourth-order valence-corrected chi connectivity index (χ4v) is 3.07. The molecule has 0 fully saturated rings. The van der Waals surface area contributed by atoms with Crippen LogP contribution in [0.15, 0.2) is 28.2 Å². The monoisotopic (exact) mass is 328 g/mol. The number of nitrogens with one attached hydrogen (secondary N) is 1. The lowest BCUT2D eigenvalue weighted by atomic mass is 10.0. The number of hydrogen-bond donors (Lipinski definition) is 1. The van der Waals surface area contributed by atoms with E-state index in [9.17, 15) is 9.59 Å². The lowest BCUT2D eigenvalue weighted by molar-refractivity contribution is -0.115. The van der Waals surface area contributed by atoms with Gasteiger partial charge in [0, 0.05) is 23.3 Å². The van der Waals surface area contributed by atoms with E-state index in [0.29, 0.717) is 10.8 Å². The number of nitrogens with zero attached hydrogens (tertiary/aromatic N) is 1. The Labute approximate surface area is 137 Å². The molecule has 0 radical (unpaired) electrons. The Hall–Kier alpha value is -2.47. The van der Waals surface area contributed by atoms with Crippen LogP contribution in [0.1, 0.15) is 34.1 Å². The number of aromatic nitrogens is 1. The van der Waals surface area contributed by atoms with Crippen LogP contribution in [0.5, 0.6) is 0 Å². The minimum atomic E-state index is -0.185. The molecule has 118 valence electrons. The molecular formula is C17H16N2O3S. The van der Waals surface area contributed by atoms with Crippen LogP contribution in [0.3, 0.4) is 0 Å². The molecule has 0 saturated heterocycles. The van der Waals surface area contributed by atoms with Crippen molar-refractivity contribution in [1.29, 1.82) is 0 Å². The van der Waals surface area contributed by atoms with Crippen LogP contribution in [-0.4, -0.2) is 16.7 Å². The SMILES string of the molecule is CC(=O)c1csc(NC(=O)Cc2coc3cc(C)c(C)cc23)n1. The van der Waals surface area contributed by atoms with Gasteiger partial charge in [-0.05, 0) is 37.1 Å². The molecule has 2 aromatic heterocycles. The van der Waals surface area contributed by atoms with Crippen molar-refractivity contribution in [1.82, 2.24) is 4.98 Å². The van der Waals surface area contributed by atoms with Gasteiger partial charge in [0.05, 0.1) is 12.7 Å². The van der Waals surface area contributed by atoms with E-state index in [1.165, 1.54) is 18.3 Å². The molecule has 0 unspecified atom stereocenters. The topological polar surface area (TPSA) is 72.2 Å². The first-order chi connectivity index (χ1) is 10.9. The molecule has 6 heteroatoms. The van der Waals surface area contributed by atoms with Gasteiger partial charge in [-0.1, -0.05) is 0 Å². The number of thiazole rings is 1. The van der Waals surface area contributed by atoms with Gasteiger partial charge in [-0.2, -0.15) is 0 Å². The number of rotatable bonds is 4. The summed E-state index contributed by atoms with van der Waals surface area (Å²) < 4.78 is 5.53. The summed E-state index contributed by atoms with van der Waals surface area (Å²) in [4.78, 5) is 27.5. The molecule has 0 atom stereocenters. The number of amides is 1. The number of aryl methyl sites for hydroxylation is 2. The fourth-order valence-electron chi connectivity index (χ4n) is 2.30. The van der Waals surface area contributed by atoms with Gasteiger partial charge in [0.15, 0.2) is 10.9 Å². The second-order valence-corrected chi connectivity index (χ2v) is 6.37. The molecule has 5 nitrogen and oxygen atoms in total. The fraction of sp³-hybridized carbons (Fsp3) is 0.235.